The molecule has 0 aromatic heterocycles. The summed E-state index contributed by atoms with van der Waals surface area (Å²) < 4.78 is 27.7. The van der Waals surface area contributed by atoms with Crippen molar-refractivity contribution in [1.29, 1.82) is 0 Å². The predicted octanol–water partition coefficient (Wildman–Crippen LogP) is 4.70. The monoisotopic (exact) mass is 496 g/mol. The number of sulfonamides is 1. The maximum atomic E-state index is 13.3. The minimum atomic E-state index is -3.96. The third kappa shape index (κ3) is 6.43. The molecule has 172 valence electrons. The first-order chi connectivity index (χ1) is 15.1. The standard InChI is InChI=1S/C23H26Cl2N2O4S/c1-4-12-26-22(19-11-8-17(24)14-21(19)25)20(23(28)29)15-27(13-5-2)32(30,31)18-9-6-16(3)7-10-18/h4-11,14,20,22,26H,1-2,12-13,15H2,3H3,(H,28,29). The minimum absolute atomic E-state index is 0.0531. The molecule has 2 N–H and O–H groups in total. The van der Waals surface area contributed by atoms with E-state index in [0.717, 1.165) is 9.87 Å². The number of hydrogen-bond acceptors (Lipinski definition) is 4. The average molecular weight is 497 g/mol. The van der Waals surface area contributed by atoms with Crippen molar-refractivity contribution in [3.05, 3.63) is 88.9 Å². The molecule has 0 saturated heterocycles. The highest BCUT2D eigenvalue weighted by atomic mass is 35.5. The van der Waals surface area contributed by atoms with E-state index >= 15 is 0 Å². The van der Waals surface area contributed by atoms with Gasteiger partial charge in [0.2, 0.25) is 10.0 Å². The van der Waals surface area contributed by atoms with Gasteiger partial charge in [-0.25, -0.2) is 8.42 Å². The molecule has 9 heteroatoms. The summed E-state index contributed by atoms with van der Waals surface area (Å²) in [7, 11) is -3.96. The second-order valence-electron chi connectivity index (χ2n) is 7.21. The van der Waals surface area contributed by atoms with E-state index in [1.54, 1.807) is 30.3 Å². The second-order valence-corrected chi connectivity index (χ2v) is 9.99. The minimum Gasteiger partial charge on any atom is -0.481 e. The highest BCUT2D eigenvalue weighted by Gasteiger charge is 2.35. The summed E-state index contributed by atoms with van der Waals surface area (Å²) in [4.78, 5) is 12.4. The van der Waals surface area contributed by atoms with Gasteiger partial charge < -0.3 is 10.4 Å². The number of carboxylic acids is 1. The van der Waals surface area contributed by atoms with Crippen molar-refractivity contribution >= 4 is 39.2 Å². The molecule has 32 heavy (non-hydrogen) atoms. The van der Waals surface area contributed by atoms with Gasteiger partial charge in [-0.2, -0.15) is 4.31 Å². The summed E-state index contributed by atoms with van der Waals surface area (Å²) in [5.41, 5.74) is 1.41. The average Bonchev–Trinajstić information content (AvgIpc) is 2.73. The quantitative estimate of drug-likeness (QED) is 0.416. The first-order valence-corrected chi connectivity index (χ1v) is 12.0. The largest absolute Gasteiger partial charge is 0.481 e. The number of aliphatic carboxylic acids is 1. The van der Waals surface area contributed by atoms with Gasteiger partial charge in [-0.05, 0) is 36.8 Å². The Morgan fingerprint density at radius 2 is 1.81 bits per heavy atom. The van der Waals surface area contributed by atoms with E-state index in [1.807, 2.05) is 6.92 Å². The predicted molar refractivity (Wildman–Crippen MR) is 129 cm³/mol. The molecule has 2 aromatic carbocycles. The van der Waals surface area contributed by atoms with Crippen LogP contribution in [0.25, 0.3) is 0 Å². The van der Waals surface area contributed by atoms with Gasteiger partial charge in [-0.15, -0.1) is 13.2 Å². The van der Waals surface area contributed by atoms with Crippen molar-refractivity contribution in [3.8, 4) is 0 Å². The fraction of sp³-hybridized carbons (Fsp3) is 0.261. The number of halogens is 2. The molecule has 2 atom stereocenters. The van der Waals surface area contributed by atoms with Gasteiger partial charge in [0.15, 0.2) is 0 Å². The van der Waals surface area contributed by atoms with Crippen LogP contribution in [0.5, 0.6) is 0 Å². The van der Waals surface area contributed by atoms with Crippen molar-refractivity contribution in [2.45, 2.75) is 17.9 Å². The smallest absolute Gasteiger partial charge is 0.309 e. The van der Waals surface area contributed by atoms with Crippen molar-refractivity contribution in [2.24, 2.45) is 5.92 Å². The third-order valence-corrected chi connectivity index (χ3v) is 7.30. The lowest BCUT2D eigenvalue weighted by Crippen LogP contribution is -2.43. The maximum absolute atomic E-state index is 13.3. The van der Waals surface area contributed by atoms with Gasteiger partial charge in [0.25, 0.3) is 0 Å². The third-order valence-electron chi connectivity index (χ3n) is 4.89. The number of aryl methyl sites for hydroxylation is 1. The van der Waals surface area contributed by atoms with Crippen LogP contribution in [0.3, 0.4) is 0 Å². The molecule has 2 rings (SSSR count). The molecule has 0 aliphatic rings. The molecule has 0 bridgehead atoms. The molecule has 6 nitrogen and oxygen atoms in total. The van der Waals surface area contributed by atoms with E-state index in [9.17, 15) is 18.3 Å². The Labute approximate surface area is 199 Å². The number of carboxylic acid groups (broad SMARTS) is 1. The molecule has 0 aliphatic heterocycles. The van der Waals surface area contributed by atoms with E-state index in [4.69, 9.17) is 23.2 Å². The molecule has 0 aliphatic carbocycles. The summed E-state index contributed by atoms with van der Waals surface area (Å²) in [6, 6.07) is 10.3. The highest BCUT2D eigenvalue weighted by Crippen LogP contribution is 2.32. The van der Waals surface area contributed by atoms with Gasteiger partial charge in [-0.3, -0.25) is 4.79 Å². The van der Waals surface area contributed by atoms with Crippen LogP contribution in [0, 0.1) is 12.8 Å². The Morgan fingerprint density at radius 3 is 2.34 bits per heavy atom. The number of nitrogens with zero attached hydrogens (tertiary/aromatic N) is 1. The summed E-state index contributed by atoms with van der Waals surface area (Å²) in [6.45, 7) is 9.08. The lowest BCUT2D eigenvalue weighted by atomic mass is 9.92. The summed E-state index contributed by atoms with van der Waals surface area (Å²) in [5.74, 6) is -2.33. The number of benzene rings is 2. The first-order valence-electron chi connectivity index (χ1n) is 9.81. The van der Waals surface area contributed by atoms with Crippen LogP contribution in [0.2, 0.25) is 10.0 Å². The Kier molecular flexibility index (Phi) is 9.48. The second kappa shape index (κ2) is 11.6. The van der Waals surface area contributed by atoms with Crippen molar-refractivity contribution < 1.29 is 18.3 Å². The van der Waals surface area contributed by atoms with Gasteiger partial charge in [0.1, 0.15) is 0 Å². The Hall–Kier alpha value is -2.16. The zero-order valence-electron chi connectivity index (χ0n) is 17.7. The van der Waals surface area contributed by atoms with Gasteiger partial charge in [0, 0.05) is 35.7 Å². The fourth-order valence-corrected chi connectivity index (χ4v) is 5.22. The van der Waals surface area contributed by atoms with Crippen LogP contribution < -0.4 is 5.32 Å². The van der Waals surface area contributed by atoms with E-state index in [2.05, 4.69) is 18.5 Å². The fourth-order valence-electron chi connectivity index (χ4n) is 3.25. The van der Waals surface area contributed by atoms with Gasteiger partial charge >= 0.3 is 5.97 Å². The molecule has 2 aromatic rings. The van der Waals surface area contributed by atoms with Crippen LogP contribution in [0.1, 0.15) is 17.2 Å². The molecule has 0 heterocycles. The van der Waals surface area contributed by atoms with Crippen LogP contribution in [-0.2, 0) is 14.8 Å². The SMILES string of the molecule is C=CCNC(c1ccc(Cl)cc1Cl)C(CN(CC=C)S(=O)(=O)c1ccc(C)cc1)C(=O)O. The van der Waals surface area contributed by atoms with E-state index in [1.165, 1.54) is 24.3 Å². The number of rotatable bonds is 12. The van der Waals surface area contributed by atoms with E-state index < -0.39 is 28.0 Å². The van der Waals surface area contributed by atoms with E-state index in [-0.39, 0.29) is 23.0 Å². The number of carbonyl (C=O) groups is 1. The molecule has 0 radical (unpaired) electrons. The lowest BCUT2D eigenvalue weighted by Gasteiger charge is -2.30. The zero-order valence-corrected chi connectivity index (χ0v) is 20.0. The van der Waals surface area contributed by atoms with Crippen molar-refractivity contribution in [3.63, 3.8) is 0 Å². The number of nitrogens with one attached hydrogen (secondary N) is 1. The summed E-state index contributed by atoms with van der Waals surface area (Å²) >= 11 is 12.4. The van der Waals surface area contributed by atoms with Crippen molar-refractivity contribution in [2.75, 3.05) is 19.6 Å². The Balaban J connectivity index is 2.49. The molecule has 0 amide bonds. The molecule has 0 spiro atoms. The van der Waals surface area contributed by atoms with Crippen LogP contribution in [0.15, 0.2) is 72.7 Å². The van der Waals surface area contributed by atoms with Crippen LogP contribution in [0.4, 0.5) is 0 Å². The molecule has 0 fully saturated rings. The molecule has 0 saturated carbocycles. The van der Waals surface area contributed by atoms with Crippen LogP contribution in [-0.4, -0.2) is 43.4 Å². The van der Waals surface area contributed by atoms with Gasteiger partial charge in [-0.1, -0.05) is 59.1 Å². The van der Waals surface area contributed by atoms with Gasteiger partial charge in [0.05, 0.1) is 10.8 Å². The van der Waals surface area contributed by atoms with Crippen LogP contribution >= 0.6 is 23.2 Å². The zero-order chi connectivity index (χ0) is 23.9. The Morgan fingerprint density at radius 1 is 1.16 bits per heavy atom. The topological polar surface area (TPSA) is 86.7 Å². The van der Waals surface area contributed by atoms with E-state index in [0.29, 0.717) is 17.1 Å². The summed E-state index contributed by atoms with van der Waals surface area (Å²) in [6.07, 6.45) is 3.01. The highest BCUT2D eigenvalue weighted by molar-refractivity contribution is 7.89. The number of hydrogen-bond donors (Lipinski definition) is 2. The normalized spacial score (nSPS) is 13.5. The molecular formula is C23H26Cl2N2O4S. The maximum Gasteiger partial charge on any atom is 0.309 e. The Bertz CT molecular complexity index is 1070. The van der Waals surface area contributed by atoms with Crippen molar-refractivity contribution in [1.82, 2.24) is 9.62 Å². The first kappa shape index (κ1) is 26.1. The molecular weight excluding hydrogens is 471 g/mol. The lowest BCUT2D eigenvalue weighted by molar-refractivity contribution is -0.143. The molecule has 2 unspecified atom stereocenters. The summed E-state index contributed by atoms with van der Waals surface area (Å²) in [5, 5.41) is 13.8.